The molecule has 0 bridgehead atoms. The summed E-state index contributed by atoms with van der Waals surface area (Å²) in [5.74, 6) is 5.49. The quantitative estimate of drug-likeness (QED) is 0.209. The molecule has 2 aromatic rings. The number of hydrogen-bond acceptors (Lipinski definition) is 9. The van der Waals surface area contributed by atoms with Crippen LogP contribution in [0.15, 0.2) is 56.3 Å². The third-order valence-corrected chi connectivity index (χ3v) is 6.06. The molecule has 1 aromatic carbocycles. The normalized spacial score (nSPS) is 10.7. The highest BCUT2D eigenvalue weighted by Gasteiger charge is 2.05. The molecule has 0 amide bonds. The van der Waals surface area contributed by atoms with Gasteiger partial charge in [0.15, 0.2) is 0 Å². The molecule has 0 aliphatic carbocycles. The number of thiophene rings is 1. The molecule has 0 aliphatic rings. The summed E-state index contributed by atoms with van der Waals surface area (Å²) in [6, 6.07) is 9.07. The second kappa shape index (κ2) is 12.6. The van der Waals surface area contributed by atoms with Crippen molar-refractivity contribution < 1.29 is 14.6 Å². The van der Waals surface area contributed by atoms with E-state index in [0.29, 0.717) is 18.0 Å². The van der Waals surface area contributed by atoms with E-state index >= 15 is 0 Å². The number of aryl methyl sites for hydroxylation is 1. The zero-order valence-electron chi connectivity index (χ0n) is 15.0. The zero-order valence-corrected chi connectivity index (χ0v) is 18.2. The van der Waals surface area contributed by atoms with E-state index in [0.717, 1.165) is 8.68 Å². The van der Waals surface area contributed by atoms with Crippen molar-refractivity contribution in [2.24, 2.45) is 11.6 Å². The lowest BCUT2D eigenvalue weighted by molar-refractivity contribution is -0.141. The SMILES string of the molecule is COC(=O)CN(N)/C=C(\N)CNSc1sccc1Br.Cc1ccc(O)cc1. The van der Waals surface area contributed by atoms with Crippen molar-refractivity contribution in [3.8, 4) is 5.75 Å². The monoisotopic (exact) mass is 474 g/mol. The molecule has 2 rings (SSSR count). The van der Waals surface area contributed by atoms with Crippen molar-refractivity contribution >= 4 is 45.2 Å². The van der Waals surface area contributed by atoms with Crippen LogP contribution in [0.4, 0.5) is 0 Å². The van der Waals surface area contributed by atoms with E-state index in [9.17, 15) is 4.79 Å². The summed E-state index contributed by atoms with van der Waals surface area (Å²) < 4.78 is 9.76. The molecule has 27 heavy (non-hydrogen) atoms. The number of methoxy groups -OCH3 is 1. The van der Waals surface area contributed by atoms with E-state index in [4.69, 9.17) is 16.7 Å². The van der Waals surface area contributed by atoms with Gasteiger partial charge in [0.25, 0.3) is 0 Å². The predicted octanol–water partition coefficient (Wildman–Crippen LogP) is 2.96. The van der Waals surface area contributed by atoms with E-state index in [1.807, 2.05) is 30.5 Å². The van der Waals surface area contributed by atoms with Gasteiger partial charge < -0.3 is 20.6 Å². The van der Waals surface area contributed by atoms with Gasteiger partial charge in [-0.25, -0.2) is 5.84 Å². The minimum Gasteiger partial charge on any atom is -0.508 e. The highest BCUT2D eigenvalue weighted by atomic mass is 79.9. The lowest BCUT2D eigenvalue weighted by Crippen LogP contribution is -2.33. The Morgan fingerprint density at radius 2 is 2.07 bits per heavy atom. The Kier molecular flexibility index (Phi) is 10.9. The number of phenolic OH excluding ortho intramolecular Hbond substituents is 1. The maximum Gasteiger partial charge on any atom is 0.326 e. The van der Waals surface area contributed by atoms with Crippen LogP contribution in [0.3, 0.4) is 0 Å². The first-order chi connectivity index (χ1) is 12.8. The van der Waals surface area contributed by atoms with Crippen LogP contribution in [0.1, 0.15) is 5.56 Å². The van der Waals surface area contributed by atoms with Crippen molar-refractivity contribution in [3.05, 3.63) is 57.6 Å². The predicted molar refractivity (Wildman–Crippen MR) is 114 cm³/mol. The average molecular weight is 475 g/mol. The summed E-state index contributed by atoms with van der Waals surface area (Å²) >= 11 is 6.53. The van der Waals surface area contributed by atoms with Crippen LogP contribution < -0.4 is 16.3 Å². The molecule has 0 unspecified atom stereocenters. The van der Waals surface area contributed by atoms with Crippen molar-refractivity contribution in [3.63, 3.8) is 0 Å². The third-order valence-electron chi connectivity index (χ3n) is 2.93. The highest BCUT2D eigenvalue weighted by Crippen LogP contribution is 2.30. The maximum absolute atomic E-state index is 11.0. The van der Waals surface area contributed by atoms with E-state index in [1.54, 1.807) is 23.5 Å². The number of hydrogen-bond donors (Lipinski definition) is 4. The Morgan fingerprint density at radius 3 is 2.59 bits per heavy atom. The van der Waals surface area contributed by atoms with Crippen molar-refractivity contribution in [1.29, 1.82) is 0 Å². The topological polar surface area (TPSA) is 114 Å². The average Bonchev–Trinajstić information content (AvgIpc) is 3.03. The van der Waals surface area contributed by atoms with Crippen molar-refractivity contribution in [2.75, 3.05) is 20.2 Å². The number of phenols is 1. The molecule has 0 spiro atoms. The van der Waals surface area contributed by atoms with Gasteiger partial charge >= 0.3 is 5.97 Å². The smallest absolute Gasteiger partial charge is 0.326 e. The molecule has 6 N–H and O–H groups in total. The molecule has 0 aliphatic heterocycles. The molecule has 0 saturated heterocycles. The van der Waals surface area contributed by atoms with Crippen LogP contribution in [0.2, 0.25) is 0 Å². The number of nitrogens with zero attached hydrogens (tertiary/aromatic N) is 1. The number of esters is 1. The summed E-state index contributed by atoms with van der Waals surface area (Å²) in [5.41, 5.74) is 7.46. The number of benzene rings is 1. The van der Waals surface area contributed by atoms with Crippen LogP contribution >= 0.6 is 39.2 Å². The second-order valence-electron chi connectivity index (χ2n) is 5.27. The molecule has 0 radical (unpaired) electrons. The Morgan fingerprint density at radius 1 is 1.41 bits per heavy atom. The van der Waals surface area contributed by atoms with E-state index in [-0.39, 0.29) is 6.54 Å². The molecular weight excluding hydrogens is 452 g/mol. The van der Waals surface area contributed by atoms with Gasteiger partial charge in [-0.1, -0.05) is 17.7 Å². The van der Waals surface area contributed by atoms with E-state index in [1.165, 1.54) is 35.8 Å². The molecule has 0 fully saturated rings. The maximum atomic E-state index is 11.0. The van der Waals surface area contributed by atoms with E-state index < -0.39 is 5.97 Å². The van der Waals surface area contributed by atoms with Crippen LogP contribution in [0.5, 0.6) is 5.75 Å². The minimum atomic E-state index is -0.420. The molecule has 1 heterocycles. The number of aromatic hydroxyl groups is 1. The van der Waals surface area contributed by atoms with Gasteiger partial charge in [0.05, 0.1) is 11.3 Å². The fourth-order valence-electron chi connectivity index (χ4n) is 1.60. The third kappa shape index (κ3) is 10.3. The molecule has 148 valence electrons. The lowest BCUT2D eigenvalue weighted by atomic mass is 10.2. The number of hydrazine groups is 1. The van der Waals surface area contributed by atoms with Gasteiger partial charge in [-0.3, -0.25) is 9.52 Å². The van der Waals surface area contributed by atoms with Gasteiger partial charge in [0.1, 0.15) is 12.3 Å². The first kappa shape index (κ1) is 23.3. The minimum absolute atomic E-state index is 0.0409. The lowest BCUT2D eigenvalue weighted by Gasteiger charge is -2.13. The van der Waals surface area contributed by atoms with Crippen LogP contribution in [-0.4, -0.2) is 36.3 Å². The fraction of sp³-hybridized carbons (Fsp3) is 0.235. The number of nitrogens with two attached hydrogens (primary N) is 2. The highest BCUT2D eigenvalue weighted by molar-refractivity contribution is 9.10. The summed E-state index contributed by atoms with van der Waals surface area (Å²) in [6.07, 6.45) is 1.49. The fourth-order valence-corrected chi connectivity index (χ4v) is 4.01. The molecule has 10 heteroatoms. The van der Waals surface area contributed by atoms with Crippen molar-refractivity contribution in [1.82, 2.24) is 9.73 Å². The van der Waals surface area contributed by atoms with Gasteiger partial charge in [0.2, 0.25) is 0 Å². The Balaban J connectivity index is 0.000000377. The van der Waals surface area contributed by atoms with Gasteiger partial charge in [-0.05, 0) is 58.4 Å². The molecule has 1 aromatic heterocycles. The van der Waals surface area contributed by atoms with Crippen molar-refractivity contribution in [2.45, 2.75) is 11.1 Å². The van der Waals surface area contributed by atoms with Crippen LogP contribution in [-0.2, 0) is 9.53 Å². The molecular formula is C17H23BrN4O3S2. The van der Waals surface area contributed by atoms with Crippen LogP contribution in [0.25, 0.3) is 0 Å². The number of ether oxygens (including phenoxy) is 1. The summed E-state index contributed by atoms with van der Waals surface area (Å²) in [5, 5.41) is 11.9. The van der Waals surface area contributed by atoms with Crippen LogP contribution in [0, 0.1) is 6.92 Å². The Bertz CT molecular complexity index is 717. The number of nitrogens with one attached hydrogen (secondary N) is 1. The second-order valence-corrected chi connectivity index (χ2v) is 8.20. The van der Waals surface area contributed by atoms with Gasteiger partial charge in [-0.2, -0.15) is 0 Å². The summed E-state index contributed by atoms with van der Waals surface area (Å²) in [4.78, 5) is 11.0. The summed E-state index contributed by atoms with van der Waals surface area (Å²) in [7, 11) is 1.31. The zero-order chi connectivity index (χ0) is 20.2. The Labute approximate surface area is 175 Å². The van der Waals surface area contributed by atoms with Gasteiger partial charge in [0, 0.05) is 22.9 Å². The number of halogens is 1. The number of rotatable bonds is 7. The number of carbonyl (C=O) groups excluding carboxylic acids is 1. The molecule has 0 saturated carbocycles. The number of carbonyl (C=O) groups is 1. The summed E-state index contributed by atoms with van der Waals surface area (Å²) in [6.45, 7) is 2.39. The Hall–Kier alpha value is -1.72. The molecule has 0 atom stereocenters. The largest absolute Gasteiger partial charge is 0.508 e. The standard InChI is InChI=1S/C10H15BrN4O2S2.C7H8O/c1-17-9(16)6-15(13)5-7(12)4-14-19-10-8(11)2-3-18-10;1-6-2-4-7(8)5-3-6/h2-3,5,14H,4,6,12-13H2,1H3;2-5,8H,1H3/b7-5-;. The van der Waals surface area contributed by atoms with Gasteiger partial charge in [-0.15, -0.1) is 11.3 Å². The first-order valence-corrected chi connectivity index (χ1v) is 10.2. The first-order valence-electron chi connectivity index (χ1n) is 7.74. The van der Waals surface area contributed by atoms with E-state index in [2.05, 4.69) is 25.4 Å². The molecule has 7 nitrogen and oxygen atoms in total.